The lowest BCUT2D eigenvalue weighted by atomic mass is 9.94. The molecule has 0 fully saturated rings. The first kappa shape index (κ1) is 18.0. The average molecular weight is 394 g/mol. The fourth-order valence-electron chi connectivity index (χ4n) is 2.87. The van der Waals surface area contributed by atoms with Crippen molar-refractivity contribution in [2.45, 2.75) is 19.4 Å². The minimum Gasteiger partial charge on any atom is -0.459 e. The molecule has 3 aromatic heterocycles. The number of benzene rings is 1. The van der Waals surface area contributed by atoms with Crippen LogP contribution in [0, 0.1) is 0 Å². The van der Waals surface area contributed by atoms with Crippen molar-refractivity contribution in [3.63, 3.8) is 0 Å². The van der Waals surface area contributed by atoms with Crippen molar-refractivity contribution in [3.8, 4) is 0 Å². The van der Waals surface area contributed by atoms with Crippen LogP contribution in [0.2, 0.25) is 0 Å². The summed E-state index contributed by atoms with van der Waals surface area (Å²) in [5.41, 5.74) is 0.485. The van der Waals surface area contributed by atoms with Gasteiger partial charge in [0.1, 0.15) is 10.6 Å². The topological polar surface area (TPSA) is 100 Å². The number of H-pyrrole nitrogens is 1. The van der Waals surface area contributed by atoms with E-state index in [0.29, 0.717) is 20.9 Å². The number of aromatic nitrogens is 2. The Labute approximate surface area is 164 Å². The van der Waals surface area contributed by atoms with Gasteiger partial charge in [-0.1, -0.05) is 30.3 Å². The number of amides is 2. The van der Waals surface area contributed by atoms with Crippen LogP contribution in [0.1, 0.15) is 39.6 Å². The standard InChI is InChI=1S/C20H18N4O3S/c1-20(2,12-7-4-3-5-8-12)22-18(26)15-11-13-16(23-24-19(13)28-15)21-17(25)14-9-6-10-27-14/h3-11H,1-2H3,(H,22,26)(H2,21,23,24,25). The summed E-state index contributed by atoms with van der Waals surface area (Å²) in [5.74, 6) is 0.0349. The molecule has 0 bridgehead atoms. The molecular formula is C20H18N4O3S. The number of fused-ring (bicyclic) bond motifs is 1. The first-order valence-corrected chi connectivity index (χ1v) is 9.46. The van der Waals surface area contributed by atoms with Gasteiger partial charge in [0.15, 0.2) is 5.76 Å². The quantitative estimate of drug-likeness (QED) is 0.474. The van der Waals surface area contributed by atoms with E-state index < -0.39 is 11.4 Å². The Morgan fingerprint density at radius 2 is 1.89 bits per heavy atom. The second-order valence-electron chi connectivity index (χ2n) is 6.80. The molecule has 1 aromatic carbocycles. The van der Waals surface area contributed by atoms with Crippen LogP contribution in [0.4, 0.5) is 5.82 Å². The van der Waals surface area contributed by atoms with Crippen molar-refractivity contribution < 1.29 is 14.0 Å². The minimum absolute atomic E-state index is 0.194. The van der Waals surface area contributed by atoms with Crippen LogP contribution in [0.15, 0.2) is 59.2 Å². The lowest BCUT2D eigenvalue weighted by Gasteiger charge is -2.26. The maximum atomic E-state index is 12.8. The highest BCUT2D eigenvalue weighted by atomic mass is 32.1. The van der Waals surface area contributed by atoms with Gasteiger partial charge in [-0.2, -0.15) is 5.10 Å². The SMILES string of the molecule is CC(C)(NC(=O)c1cc2c(NC(=O)c3ccco3)[nH]nc2s1)c1ccccc1. The maximum Gasteiger partial charge on any atom is 0.292 e. The number of aromatic amines is 1. The van der Waals surface area contributed by atoms with E-state index in [2.05, 4.69) is 20.8 Å². The summed E-state index contributed by atoms with van der Waals surface area (Å²) in [7, 11) is 0. The molecule has 28 heavy (non-hydrogen) atoms. The highest BCUT2D eigenvalue weighted by Crippen LogP contribution is 2.30. The van der Waals surface area contributed by atoms with Gasteiger partial charge in [0.05, 0.1) is 22.1 Å². The Kier molecular flexibility index (Phi) is 4.48. The van der Waals surface area contributed by atoms with Crippen LogP contribution in [0.3, 0.4) is 0 Å². The third kappa shape index (κ3) is 3.41. The summed E-state index contributed by atoms with van der Waals surface area (Å²) in [6.07, 6.45) is 1.43. The summed E-state index contributed by atoms with van der Waals surface area (Å²) in [4.78, 5) is 26.1. The zero-order valence-corrected chi connectivity index (χ0v) is 16.1. The summed E-state index contributed by atoms with van der Waals surface area (Å²) >= 11 is 1.26. The molecule has 3 heterocycles. The molecule has 0 saturated carbocycles. The maximum absolute atomic E-state index is 12.8. The molecule has 0 atom stereocenters. The van der Waals surface area contributed by atoms with Crippen molar-refractivity contribution in [3.05, 3.63) is 71.0 Å². The fourth-order valence-corrected chi connectivity index (χ4v) is 3.76. The van der Waals surface area contributed by atoms with Crippen LogP contribution in [-0.2, 0) is 5.54 Å². The summed E-state index contributed by atoms with van der Waals surface area (Å²) in [5, 5.41) is 13.4. The second kappa shape index (κ2) is 6.97. The highest BCUT2D eigenvalue weighted by Gasteiger charge is 2.25. The number of nitrogens with one attached hydrogen (secondary N) is 3. The molecule has 142 valence electrons. The molecular weight excluding hydrogens is 376 g/mol. The van der Waals surface area contributed by atoms with Crippen LogP contribution >= 0.6 is 11.3 Å². The number of carbonyl (C=O) groups is 2. The number of carbonyl (C=O) groups excluding carboxylic acids is 2. The van der Waals surface area contributed by atoms with Gasteiger partial charge in [-0.3, -0.25) is 14.7 Å². The monoisotopic (exact) mass is 394 g/mol. The predicted molar refractivity (Wildman–Crippen MR) is 108 cm³/mol. The summed E-state index contributed by atoms with van der Waals surface area (Å²) < 4.78 is 5.09. The molecule has 4 rings (SSSR count). The van der Waals surface area contributed by atoms with E-state index in [9.17, 15) is 9.59 Å². The molecule has 0 unspecified atom stereocenters. The number of hydrogen-bond donors (Lipinski definition) is 3. The van der Waals surface area contributed by atoms with Crippen molar-refractivity contribution in [1.29, 1.82) is 0 Å². The fraction of sp³-hybridized carbons (Fsp3) is 0.150. The van der Waals surface area contributed by atoms with Gasteiger partial charge in [-0.25, -0.2) is 0 Å². The predicted octanol–water partition coefficient (Wildman–Crippen LogP) is 4.13. The van der Waals surface area contributed by atoms with Crippen molar-refractivity contribution in [2.75, 3.05) is 5.32 Å². The van der Waals surface area contributed by atoms with Gasteiger partial charge in [-0.05, 0) is 37.6 Å². The average Bonchev–Trinajstić information content (AvgIpc) is 3.40. The van der Waals surface area contributed by atoms with Crippen molar-refractivity contribution in [2.24, 2.45) is 0 Å². The van der Waals surface area contributed by atoms with E-state index in [4.69, 9.17) is 4.42 Å². The molecule has 3 N–H and O–H groups in total. The Bertz CT molecular complexity index is 1130. The van der Waals surface area contributed by atoms with E-state index in [1.165, 1.54) is 17.6 Å². The Morgan fingerprint density at radius 1 is 1.11 bits per heavy atom. The van der Waals surface area contributed by atoms with Crippen LogP contribution in [0.25, 0.3) is 10.2 Å². The third-order valence-corrected chi connectivity index (χ3v) is 5.41. The van der Waals surface area contributed by atoms with Crippen molar-refractivity contribution >= 4 is 39.2 Å². The molecule has 0 aliphatic carbocycles. The Balaban J connectivity index is 1.54. The second-order valence-corrected chi connectivity index (χ2v) is 7.84. The molecule has 0 aliphatic heterocycles. The van der Waals surface area contributed by atoms with Gasteiger partial charge in [0.25, 0.3) is 11.8 Å². The zero-order valence-electron chi connectivity index (χ0n) is 15.3. The van der Waals surface area contributed by atoms with Gasteiger partial charge in [0.2, 0.25) is 0 Å². The van der Waals surface area contributed by atoms with E-state index >= 15 is 0 Å². The number of anilines is 1. The molecule has 2 amide bonds. The molecule has 0 spiro atoms. The Morgan fingerprint density at radius 3 is 2.61 bits per heavy atom. The normalized spacial score (nSPS) is 11.5. The largest absolute Gasteiger partial charge is 0.459 e. The van der Waals surface area contributed by atoms with Crippen molar-refractivity contribution in [1.82, 2.24) is 15.5 Å². The van der Waals surface area contributed by atoms with Gasteiger partial charge in [-0.15, -0.1) is 11.3 Å². The number of rotatable bonds is 5. The zero-order chi connectivity index (χ0) is 19.7. The van der Waals surface area contributed by atoms with Gasteiger partial charge < -0.3 is 15.1 Å². The molecule has 0 radical (unpaired) electrons. The van der Waals surface area contributed by atoms with Crippen LogP contribution in [-0.4, -0.2) is 22.0 Å². The third-order valence-electron chi connectivity index (χ3n) is 4.38. The molecule has 0 aliphatic rings. The Hall–Kier alpha value is -3.39. The van der Waals surface area contributed by atoms with E-state index in [1.54, 1.807) is 18.2 Å². The number of thiophene rings is 1. The smallest absolute Gasteiger partial charge is 0.292 e. The minimum atomic E-state index is -0.526. The van der Waals surface area contributed by atoms with Gasteiger partial charge in [0, 0.05) is 0 Å². The highest BCUT2D eigenvalue weighted by molar-refractivity contribution is 7.20. The molecule has 4 aromatic rings. The van der Waals surface area contributed by atoms with E-state index in [-0.39, 0.29) is 11.7 Å². The molecule has 0 saturated heterocycles. The number of hydrogen-bond acceptors (Lipinski definition) is 5. The lowest BCUT2D eigenvalue weighted by Crippen LogP contribution is -2.40. The van der Waals surface area contributed by atoms with Crippen LogP contribution < -0.4 is 10.6 Å². The molecule has 7 nitrogen and oxygen atoms in total. The first-order valence-electron chi connectivity index (χ1n) is 8.65. The molecule has 8 heteroatoms. The first-order chi connectivity index (χ1) is 13.4. The van der Waals surface area contributed by atoms with Gasteiger partial charge >= 0.3 is 0 Å². The van der Waals surface area contributed by atoms with E-state index in [1.807, 2.05) is 44.2 Å². The summed E-state index contributed by atoms with van der Waals surface area (Å²) in [6, 6.07) is 14.7. The number of nitrogens with zero attached hydrogens (tertiary/aromatic N) is 1. The lowest BCUT2D eigenvalue weighted by molar-refractivity contribution is 0.0915. The number of furan rings is 1. The van der Waals surface area contributed by atoms with Crippen LogP contribution in [0.5, 0.6) is 0 Å². The summed E-state index contributed by atoms with van der Waals surface area (Å²) in [6.45, 7) is 3.91. The van der Waals surface area contributed by atoms with E-state index in [0.717, 1.165) is 5.56 Å².